The zero-order valence-corrected chi connectivity index (χ0v) is 20.7. The number of ether oxygens (including phenoxy) is 3. The van der Waals surface area contributed by atoms with Crippen LogP contribution in [0.3, 0.4) is 0 Å². The average molecular weight is 521 g/mol. The van der Waals surface area contributed by atoms with Crippen molar-refractivity contribution in [3.63, 3.8) is 0 Å². The third-order valence-corrected chi connectivity index (χ3v) is 6.39. The van der Waals surface area contributed by atoms with Crippen molar-refractivity contribution in [2.24, 2.45) is 0 Å². The summed E-state index contributed by atoms with van der Waals surface area (Å²) in [6.07, 6.45) is 4.39. The molecule has 0 spiro atoms. The van der Waals surface area contributed by atoms with Crippen LogP contribution in [0.2, 0.25) is 0 Å². The first-order valence-corrected chi connectivity index (χ1v) is 12.6. The van der Waals surface area contributed by atoms with Gasteiger partial charge >= 0.3 is 14.7 Å². The van der Waals surface area contributed by atoms with Crippen LogP contribution in [0.25, 0.3) is 5.52 Å². The van der Waals surface area contributed by atoms with Gasteiger partial charge in [0, 0.05) is 37.5 Å². The molecule has 2 atom stereocenters. The van der Waals surface area contributed by atoms with E-state index >= 15 is 0 Å². The SMILES string of the molecule is COCc1cc2c(Nc3cc(C4CC(OC(=O)NC5(C)CC5)CO4)nn3COP(O)O)nccn2n1. The van der Waals surface area contributed by atoms with Crippen LogP contribution in [0.4, 0.5) is 16.4 Å². The summed E-state index contributed by atoms with van der Waals surface area (Å²) in [5, 5.41) is 15.1. The van der Waals surface area contributed by atoms with Crippen LogP contribution >= 0.6 is 8.60 Å². The Morgan fingerprint density at radius 2 is 2.17 bits per heavy atom. The van der Waals surface area contributed by atoms with E-state index < -0.39 is 26.9 Å². The lowest BCUT2D eigenvalue weighted by molar-refractivity contribution is 0.0671. The number of alkyl carbamates (subject to hydrolysis) is 1. The smallest absolute Gasteiger partial charge is 0.407 e. The van der Waals surface area contributed by atoms with E-state index in [0.29, 0.717) is 35.9 Å². The van der Waals surface area contributed by atoms with E-state index in [9.17, 15) is 14.6 Å². The maximum atomic E-state index is 12.2. The summed E-state index contributed by atoms with van der Waals surface area (Å²) >= 11 is 0. The second-order valence-corrected chi connectivity index (χ2v) is 9.80. The van der Waals surface area contributed by atoms with E-state index in [0.717, 1.165) is 18.5 Å². The highest BCUT2D eigenvalue weighted by Gasteiger charge is 2.40. The quantitative estimate of drug-likeness (QED) is 0.289. The number of aromatic nitrogens is 5. The number of nitrogens with one attached hydrogen (secondary N) is 2. The summed E-state index contributed by atoms with van der Waals surface area (Å²) in [4.78, 5) is 35.0. The Balaban J connectivity index is 1.32. The second-order valence-electron chi connectivity index (χ2n) is 9.03. The van der Waals surface area contributed by atoms with Gasteiger partial charge in [-0.25, -0.2) is 19.0 Å². The Kier molecular flexibility index (Phi) is 7.06. The number of hydrogen-bond donors (Lipinski definition) is 4. The molecule has 15 heteroatoms. The van der Waals surface area contributed by atoms with Gasteiger partial charge in [0.2, 0.25) is 0 Å². The third kappa shape index (κ3) is 5.75. The summed E-state index contributed by atoms with van der Waals surface area (Å²) in [5.41, 5.74) is 1.86. The summed E-state index contributed by atoms with van der Waals surface area (Å²) in [5.74, 6) is 0.999. The molecule has 3 aromatic heterocycles. The van der Waals surface area contributed by atoms with Crippen molar-refractivity contribution in [2.75, 3.05) is 19.0 Å². The Morgan fingerprint density at radius 1 is 1.33 bits per heavy atom. The molecule has 2 fully saturated rings. The van der Waals surface area contributed by atoms with Gasteiger partial charge in [0.05, 0.1) is 24.6 Å². The van der Waals surface area contributed by atoms with Gasteiger partial charge in [-0.15, -0.1) is 0 Å². The van der Waals surface area contributed by atoms with E-state index in [2.05, 4.69) is 25.8 Å². The van der Waals surface area contributed by atoms with Crippen LogP contribution in [0.15, 0.2) is 24.5 Å². The van der Waals surface area contributed by atoms with Crippen molar-refractivity contribution in [1.29, 1.82) is 0 Å². The molecule has 2 unspecified atom stereocenters. The fourth-order valence-electron chi connectivity index (χ4n) is 3.93. The zero-order valence-electron chi connectivity index (χ0n) is 19.8. The maximum Gasteiger partial charge on any atom is 0.407 e. The number of carbonyl (C=O) groups excluding carboxylic acids is 1. The molecule has 0 aromatic carbocycles. The summed E-state index contributed by atoms with van der Waals surface area (Å²) in [7, 11) is -0.981. The average Bonchev–Trinajstić information content (AvgIpc) is 3.20. The van der Waals surface area contributed by atoms with Crippen molar-refractivity contribution in [2.45, 2.75) is 57.3 Å². The highest BCUT2D eigenvalue weighted by molar-refractivity contribution is 7.39. The number of anilines is 2. The maximum absolute atomic E-state index is 12.2. The summed E-state index contributed by atoms with van der Waals surface area (Å²) in [6, 6.07) is 3.61. The number of amides is 1. The molecule has 5 rings (SSSR count). The lowest BCUT2D eigenvalue weighted by Crippen LogP contribution is -2.37. The largest absolute Gasteiger partial charge is 0.444 e. The minimum Gasteiger partial charge on any atom is -0.444 e. The zero-order chi connectivity index (χ0) is 25.3. The first-order chi connectivity index (χ1) is 17.3. The lowest BCUT2D eigenvalue weighted by atomic mass is 10.1. The van der Waals surface area contributed by atoms with Crippen molar-refractivity contribution < 1.29 is 33.3 Å². The molecule has 36 heavy (non-hydrogen) atoms. The first kappa shape index (κ1) is 24.8. The third-order valence-electron chi connectivity index (χ3n) is 6.04. The van der Waals surface area contributed by atoms with Crippen LogP contribution in [-0.4, -0.2) is 65.6 Å². The molecule has 1 aliphatic carbocycles. The minimum absolute atomic E-state index is 0.162. The Hall–Kier alpha value is -2.87. The molecular weight excluding hydrogens is 493 g/mol. The second kappa shape index (κ2) is 10.2. The van der Waals surface area contributed by atoms with Crippen LogP contribution in [0.1, 0.15) is 43.7 Å². The Labute approximate surface area is 207 Å². The van der Waals surface area contributed by atoms with Gasteiger partial charge in [0.15, 0.2) is 5.82 Å². The van der Waals surface area contributed by atoms with E-state index in [1.54, 1.807) is 30.1 Å². The predicted molar refractivity (Wildman–Crippen MR) is 126 cm³/mol. The van der Waals surface area contributed by atoms with Crippen LogP contribution in [0.5, 0.6) is 0 Å². The first-order valence-electron chi connectivity index (χ1n) is 11.4. The monoisotopic (exact) mass is 521 g/mol. The molecule has 1 saturated carbocycles. The predicted octanol–water partition coefficient (Wildman–Crippen LogP) is 2.11. The van der Waals surface area contributed by atoms with Gasteiger partial charge in [-0.2, -0.15) is 10.2 Å². The van der Waals surface area contributed by atoms with Crippen molar-refractivity contribution >= 4 is 31.8 Å². The van der Waals surface area contributed by atoms with Gasteiger partial charge < -0.3 is 34.6 Å². The van der Waals surface area contributed by atoms with E-state index in [1.165, 1.54) is 4.68 Å². The molecule has 14 nitrogen and oxygen atoms in total. The molecule has 3 aromatic rings. The number of rotatable bonds is 10. The van der Waals surface area contributed by atoms with Gasteiger partial charge in [0.25, 0.3) is 0 Å². The van der Waals surface area contributed by atoms with Gasteiger partial charge in [-0.1, -0.05) is 0 Å². The fraction of sp³-hybridized carbons (Fsp3) is 0.524. The number of methoxy groups -OCH3 is 1. The van der Waals surface area contributed by atoms with Crippen molar-refractivity contribution in [1.82, 2.24) is 29.7 Å². The lowest BCUT2D eigenvalue weighted by Gasteiger charge is -2.14. The van der Waals surface area contributed by atoms with Crippen LogP contribution in [-0.2, 0) is 32.1 Å². The molecule has 2 aliphatic rings. The van der Waals surface area contributed by atoms with Crippen LogP contribution < -0.4 is 10.6 Å². The van der Waals surface area contributed by atoms with Gasteiger partial charge in [0.1, 0.15) is 30.3 Å². The minimum atomic E-state index is -2.58. The molecule has 0 radical (unpaired) electrons. The highest BCUT2D eigenvalue weighted by Crippen LogP contribution is 2.36. The highest BCUT2D eigenvalue weighted by atomic mass is 31.2. The Morgan fingerprint density at radius 3 is 2.92 bits per heavy atom. The topological polar surface area (TPSA) is 167 Å². The molecular formula is C21H28N7O7P. The Bertz CT molecular complexity index is 1230. The number of carbonyl (C=O) groups is 1. The van der Waals surface area contributed by atoms with Gasteiger partial charge in [-0.05, 0) is 25.8 Å². The fourth-order valence-corrected chi connectivity index (χ4v) is 4.15. The number of fused-ring (bicyclic) bond motifs is 1. The molecule has 1 saturated heterocycles. The molecule has 0 bridgehead atoms. The standard InChI is InChI=1S/C21H28N7O7P/c1-21(3-4-21)24-20(29)35-14-8-17(33-11-14)15-9-18(28(26-15)12-34-36(30)31)23-19-16-7-13(10-32-2)25-27(16)6-5-22-19/h5-7,9,14,17,30-31H,3-4,8,10-12H2,1-2H3,(H,22,23)(H,24,29). The van der Waals surface area contributed by atoms with E-state index in [1.807, 2.05) is 13.0 Å². The summed E-state index contributed by atoms with van der Waals surface area (Å²) < 4.78 is 24.7. The summed E-state index contributed by atoms with van der Waals surface area (Å²) in [6.45, 7) is 2.37. The number of hydrogen-bond acceptors (Lipinski definition) is 11. The van der Waals surface area contributed by atoms with E-state index in [-0.39, 0.29) is 18.9 Å². The van der Waals surface area contributed by atoms with E-state index in [4.69, 9.17) is 18.7 Å². The normalized spacial score (nSPS) is 20.7. The molecule has 4 N–H and O–H groups in total. The van der Waals surface area contributed by atoms with Crippen molar-refractivity contribution in [3.05, 3.63) is 35.9 Å². The molecule has 1 aliphatic heterocycles. The van der Waals surface area contributed by atoms with Gasteiger partial charge in [-0.3, -0.25) is 4.52 Å². The molecule has 1 amide bonds. The van der Waals surface area contributed by atoms with Crippen molar-refractivity contribution in [3.8, 4) is 0 Å². The number of nitrogens with zero attached hydrogens (tertiary/aromatic N) is 5. The van der Waals surface area contributed by atoms with Crippen LogP contribution in [0, 0.1) is 0 Å². The molecule has 4 heterocycles. The molecule has 194 valence electrons.